The third-order valence-corrected chi connectivity index (χ3v) is 5.14. The second-order valence-electron chi connectivity index (χ2n) is 6.97. The Labute approximate surface area is 159 Å². The van der Waals surface area contributed by atoms with Crippen molar-refractivity contribution < 1.29 is 23.9 Å². The number of amides is 3. The third-order valence-electron chi connectivity index (χ3n) is 5.14. The fraction of sp³-hybridized carbons (Fsp3) is 0.550. The second kappa shape index (κ2) is 9.10. The fourth-order valence-corrected chi connectivity index (χ4v) is 3.53. The van der Waals surface area contributed by atoms with E-state index in [1.165, 1.54) is 11.0 Å². The lowest BCUT2D eigenvalue weighted by atomic mass is 9.96. The molecule has 7 nitrogen and oxygen atoms in total. The van der Waals surface area contributed by atoms with E-state index in [9.17, 15) is 14.4 Å². The van der Waals surface area contributed by atoms with Gasteiger partial charge in [-0.3, -0.25) is 19.3 Å². The molecule has 0 radical (unpaired) electrons. The van der Waals surface area contributed by atoms with Gasteiger partial charge in [-0.05, 0) is 49.8 Å². The van der Waals surface area contributed by atoms with Crippen LogP contribution in [0.15, 0.2) is 18.2 Å². The molecule has 3 amide bonds. The van der Waals surface area contributed by atoms with Crippen LogP contribution in [0.4, 0.5) is 0 Å². The molecule has 7 heteroatoms. The molecule has 1 fully saturated rings. The lowest BCUT2D eigenvalue weighted by Gasteiger charge is -2.21. The fourth-order valence-electron chi connectivity index (χ4n) is 3.53. The van der Waals surface area contributed by atoms with Crippen molar-refractivity contribution in [1.82, 2.24) is 10.2 Å². The minimum atomic E-state index is -0.344. The molecular weight excluding hydrogens is 348 g/mol. The van der Waals surface area contributed by atoms with Crippen molar-refractivity contribution >= 4 is 17.7 Å². The number of ether oxygens (including phenoxy) is 2. The minimum Gasteiger partial charge on any atom is -0.385 e. The number of hydrogen-bond donors (Lipinski definition) is 1. The molecule has 2 aliphatic rings. The van der Waals surface area contributed by atoms with Crippen LogP contribution in [-0.4, -0.2) is 62.6 Å². The highest BCUT2D eigenvalue weighted by molar-refractivity contribution is 6.22. The molecule has 2 heterocycles. The van der Waals surface area contributed by atoms with Crippen LogP contribution >= 0.6 is 0 Å². The van der Waals surface area contributed by atoms with Crippen molar-refractivity contribution in [3.63, 3.8) is 0 Å². The Morgan fingerprint density at radius 2 is 1.96 bits per heavy atom. The highest BCUT2D eigenvalue weighted by atomic mass is 16.5. The summed E-state index contributed by atoms with van der Waals surface area (Å²) in [7, 11) is 1.58. The Bertz CT molecular complexity index is 712. The first kappa shape index (κ1) is 19.5. The highest BCUT2D eigenvalue weighted by Gasteiger charge is 2.35. The standard InChI is InChI=1S/C20H26N2O5/c1-26-10-2-9-22-19(24)16-4-3-15(13-17(16)20(22)25)18(23)21-8-5-14-6-11-27-12-7-14/h3-4,13-14H,2,5-12H2,1H3,(H,21,23). The first-order chi connectivity index (χ1) is 13.1. The molecular formula is C20H26N2O5. The first-order valence-corrected chi connectivity index (χ1v) is 9.47. The van der Waals surface area contributed by atoms with Gasteiger partial charge in [-0.2, -0.15) is 0 Å². The van der Waals surface area contributed by atoms with E-state index in [4.69, 9.17) is 9.47 Å². The number of carbonyl (C=O) groups is 3. The number of benzene rings is 1. The van der Waals surface area contributed by atoms with Crippen molar-refractivity contribution in [2.75, 3.05) is 40.0 Å². The maximum atomic E-state index is 12.5. The molecule has 0 bridgehead atoms. The molecule has 27 heavy (non-hydrogen) atoms. The maximum absolute atomic E-state index is 12.5. The molecule has 1 aromatic rings. The molecule has 0 spiro atoms. The predicted molar refractivity (Wildman–Crippen MR) is 98.8 cm³/mol. The maximum Gasteiger partial charge on any atom is 0.261 e. The van der Waals surface area contributed by atoms with Gasteiger partial charge in [-0.25, -0.2) is 0 Å². The summed E-state index contributed by atoms with van der Waals surface area (Å²) in [5.41, 5.74) is 1.06. The zero-order valence-corrected chi connectivity index (χ0v) is 15.7. The smallest absolute Gasteiger partial charge is 0.261 e. The normalized spacial score (nSPS) is 17.3. The van der Waals surface area contributed by atoms with Gasteiger partial charge in [0.2, 0.25) is 0 Å². The Kier molecular flexibility index (Phi) is 6.58. The molecule has 0 unspecified atom stereocenters. The number of nitrogens with zero attached hydrogens (tertiary/aromatic N) is 1. The number of methoxy groups -OCH3 is 1. The number of rotatable bonds is 8. The van der Waals surface area contributed by atoms with Gasteiger partial charge >= 0.3 is 0 Å². The minimum absolute atomic E-state index is 0.219. The van der Waals surface area contributed by atoms with Gasteiger partial charge in [0, 0.05) is 45.6 Å². The van der Waals surface area contributed by atoms with Crippen molar-refractivity contribution in [3.8, 4) is 0 Å². The zero-order valence-electron chi connectivity index (χ0n) is 15.7. The van der Waals surface area contributed by atoms with Crippen molar-refractivity contribution in [2.45, 2.75) is 25.7 Å². The quantitative estimate of drug-likeness (QED) is 0.555. The molecule has 0 aromatic heterocycles. The van der Waals surface area contributed by atoms with E-state index in [1.807, 2.05) is 0 Å². The van der Waals surface area contributed by atoms with Crippen LogP contribution in [-0.2, 0) is 9.47 Å². The van der Waals surface area contributed by atoms with Gasteiger partial charge in [0.1, 0.15) is 0 Å². The lowest BCUT2D eigenvalue weighted by Crippen LogP contribution is -2.31. The van der Waals surface area contributed by atoms with Crippen LogP contribution in [0.3, 0.4) is 0 Å². The third kappa shape index (κ3) is 4.54. The Morgan fingerprint density at radius 1 is 1.22 bits per heavy atom. The summed E-state index contributed by atoms with van der Waals surface area (Å²) >= 11 is 0. The van der Waals surface area contributed by atoms with Crippen LogP contribution in [0.1, 0.15) is 56.8 Å². The topological polar surface area (TPSA) is 84.9 Å². The molecule has 1 saturated heterocycles. The summed E-state index contributed by atoms with van der Waals surface area (Å²) in [6.45, 7) is 2.97. The first-order valence-electron chi connectivity index (χ1n) is 9.47. The van der Waals surface area contributed by atoms with Crippen molar-refractivity contribution in [3.05, 3.63) is 34.9 Å². The van der Waals surface area contributed by atoms with Crippen molar-refractivity contribution in [2.24, 2.45) is 5.92 Å². The molecule has 0 saturated carbocycles. The van der Waals surface area contributed by atoms with Crippen LogP contribution in [0, 0.1) is 5.92 Å². The molecule has 0 atom stereocenters. The van der Waals surface area contributed by atoms with Crippen LogP contribution in [0.2, 0.25) is 0 Å². The Hall–Kier alpha value is -2.25. The van der Waals surface area contributed by atoms with Crippen LogP contribution in [0.5, 0.6) is 0 Å². The van der Waals surface area contributed by atoms with Gasteiger partial charge in [-0.1, -0.05) is 0 Å². The van der Waals surface area contributed by atoms with Gasteiger partial charge in [0.15, 0.2) is 0 Å². The van der Waals surface area contributed by atoms with Gasteiger partial charge in [-0.15, -0.1) is 0 Å². The average molecular weight is 374 g/mol. The van der Waals surface area contributed by atoms with E-state index >= 15 is 0 Å². The van der Waals surface area contributed by atoms with E-state index in [0.717, 1.165) is 32.5 Å². The van der Waals surface area contributed by atoms with E-state index in [1.54, 1.807) is 19.2 Å². The van der Waals surface area contributed by atoms with Crippen LogP contribution < -0.4 is 5.32 Å². The molecule has 146 valence electrons. The van der Waals surface area contributed by atoms with E-state index in [2.05, 4.69) is 5.32 Å². The molecule has 3 rings (SSSR count). The summed E-state index contributed by atoms with van der Waals surface area (Å²) in [5, 5.41) is 2.91. The summed E-state index contributed by atoms with van der Waals surface area (Å²) < 4.78 is 10.3. The zero-order chi connectivity index (χ0) is 19.2. The highest BCUT2D eigenvalue weighted by Crippen LogP contribution is 2.24. The lowest BCUT2D eigenvalue weighted by molar-refractivity contribution is 0.0632. The van der Waals surface area contributed by atoms with Gasteiger partial charge in [0.05, 0.1) is 11.1 Å². The molecule has 1 aromatic carbocycles. The summed E-state index contributed by atoms with van der Waals surface area (Å²) in [6.07, 6.45) is 3.57. The predicted octanol–water partition coefficient (Wildman–Crippen LogP) is 1.87. The SMILES string of the molecule is COCCCN1C(=O)c2ccc(C(=O)NCCC3CCOCC3)cc2C1=O. The van der Waals surface area contributed by atoms with Gasteiger partial charge < -0.3 is 14.8 Å². The second-order valence-corrected chi connectivity index (χ2v) is 6.97. The number of carbonyl (C=O) groups excluding carboxylic acids is 3. The Morgan fingerprint density at radius 3 is 2.70 bits per heavy atom. The number of imide groups is 1. The molecule has 0 aliphatic carbocycles. The van der Waals surface area contributed by atoms with Crippen LogP contribution in [0.25, 0.3) is 0 Å². The largest absolute Gasteiger partial charge is 0.385 e. The summed E-state index contributed by atoms with van der Waals surface area (Å²) in [4.78, 5) is 38.5. The molecule has 2 aliphatic heterocycles. The number of fused-ring (bicyclic) bond motifs is 1. The number of hydrogen-bond acceptors (Lipinski definition) is 5. The van der Waals surface area contributed by atoms with E-state index in [0.29, 0.717) is 48.7 Å². The average Bonchev–Trinajstić information content (AvgIpc) is 2.93. The summed E-state index contributed by atoms with van der Waals surface area (Å²) in [5.74, 6) is -0.289. The van der Waals surface area contributed by atoms with Crippen molar-refractivity contribution in [1.29, 1.82) is 0 Å². The molecule has 1 N–H and O–H groups in total. The van der Waals surface area contributed by atoms with Gasteiger partial charge in [0.25, 0.3) is 17.7 Å². The van der Waals surface area contributed by atoms with E-state index in [-0.39, 0.29) is 17.7 Å². The monoisotopic (exact) mass is 374 g/mol. The number of nitrogens with one attached hydrogen (secondary N) is 1. The van der Waals surface area contributed by atoms with E-state index < -0.39 is 0 Å². The summed E-state index contributed by atoms with van der Waals surface area (Å²) in [6, 6.07) is 4.70. The Balaban J connectivity index is 1.58.